The molecule has 1 aliphatic carbocycles. The maximum absolute atomic E-state index is 13.1. The van der Waals surface area contributed by atoms with E-state index in [1.54, 1.807) is 11.8 Å². The van der Waals surface area contributed by atoms with Crippen LogP contribution in [-0.2, 0) is 16.0 Å². The molecular weight excluding hydrogens is 406 g/mol. The number of unbranched alkanes of at least 4 members (excludes halogenated alkanes) is 2. The summed E-state index contributed by atoms with van der Waals surface area (Å²) in [6, 6.07) is 10.5. The van der Waals surface area contributed by atoms with E-state index < -0.39 is 11.2 Å². The molecule has 1 saturated heterocycles. The van der Waals surface area contributed by atoms with Crippen molar-refractivity contribution in [3.05, 3.63) is 47.5 Å². The number of nitrogens with zero attached hydrogens (tertiary/aromatic N) is 1. The summed E-state index contributed by atoms with van der Waals surface area (Å²) in [6.45, 7) is 5.23. The Morgan fingerprint density at radius 3 is 2.55 bits per heavy atom. The monoisotopic (exact) mass is 443 g/mol. The molecule has 31 heavy (non-hydrogen) atoms. The van der Waals surface area contributed by atoms with Gasteiger partial charge in [0.05, 0.1) is 16.5 Å². The molecule has 2 fully saturated rings. The van der Waals surface area contributed by atoms with Crippen molar-refractivity contribution in [1.82, 2.24) is 4.90 Å². The van der Waals surface area contributed by atoms with E-state index >= 15 is 0 Å². The zero-order valence-electron chi connectivity index (χ0n) is 19.0. The topological polar surface area (TPSA) is 57.6 Å². The number of aliphatic carboxylic acids is 1. The van der Waals surface area contributed by atoms with Crippen molar-refractivity contribution in [2.75, 3.05) is 6.54 Å². The lowest BCUT2D eigenvalue weighted by molar-refractivity contribution is -0.140. The smallest absolute Gasteiger partial charge is 0.305 e. The van der Waals surface area contributed by atoms with E-state index in [2.05, 4.69) is 49.1 Å². The van der Waals surface area contributed by atoms with E-state index in [1.165, 1.54) is 11.1 Å². The Kier molecular flexibility index (Phi) is 8.65. The van der Waals surface area contributed by atoms with Crippen LogP contribution in [0.25, 0.3) is 0 Å². The van der Waals surface area contributed by atoms with Gasteiger partial charge in [-0.05, 0) is 62.8 Å². The average molecular weight is 444 g/mol. The molecule has 1 amide bonds. The first-order chi connectivity index (χ1) is 14.9. The molecule has 170 valence electrons. The number of carboxylic acids is 1. The Balaban J connectivity index is 1.57. The molecule has 1 aliphatic heterocycles. The highest BCUT2D eigenvalue weighted by Gasteiger charge is 2.52. The van der Waals surface area contributed by atoms with Gasteiger partial charge < -0.3 is 10.0 Å². The number of hydrogen-bond donors (Lipinski definition) is 1. The maximum Gasteiger partial charge on any atom is 0.305 e. The van der Waals surface area contributed by atoms with Gasteiger partial charge in [0.25, 0.3) is 0 Å². The summed E-state index contributed by atoms with van der Waals surface area (Å²) in [5, 5.41) is 8.86. The van der Waals surface area contributed by atoms with Crippen molar-refractivity contribution < 1.29 is 14.7 Å². The van der Waals surface area contributed by atoms with Crippen LogP contribution in [-0.4, -0.2) is 38.5 Å². The second-order valence-corrected chi connectivity index (χ2v) is 11.0. The number of carbonyl (C=O) groups is 2. The van der Waals surface area contributed by atoms with Crippen LogP contribution in [0.4, 0.5) is 0 Å². The number of rotatable bonds is 10. The lowest BCUT2D eigenvalue weighted by Gasteiger charge is -2.41. The number of carbonyl (C=O) groups excluding carboxylic acids is 1. The normalized spacial score (nSPS) is 23.7. The molecule has 1 atom stereocenters. The third-order valence-electron chi connectivity index (χ3n) is 6.50. The molecule has 2 aliphatic rings. The molecule has 1 unspecified atom stereocenters. The predicted molar refractivity (Wildman–Crippen MR) is 128 cm³/mol. The van der Waals surface area contributed by atoms with Crippen molar-refractivity contribution in [2.24, 2.45) is 5.92 Å². The number of amides is 1. The number of benzene rings is 1. The third kappa shape index (κ3) is 6.61. The molecular formula is C26H37NO3S. The van der Waals surface area contributed by atoms with Gasteiger partial charge in [-0.2, -0.15) is 0 Å². The first kappa shape index (κ1) is 23.9. The van der Waals surface area contributed by atoms with Crippen molar-refractivity contribution in [3.63, 3.8) is 0 Å². The summed E-state index contributed by atoms with van der Waals surface area (Å²) >= 11 is 1.63. The maximum atomic E-state index is 13.1. The Hall–Kier alpha value is -1.75. The van der Waals surface area contributed by atoms with Gasteiger partial charge in [0.2, 0.25) is 5.91 Å². The van der Waals surface area contributed by atoms with E-state index in [0.717, 1.165) is 64.3 Å². The van der Waals surface area contributed by atoms with Gasteiger partial charge in [-0.25, -0.2) is 0 Å². The van der Waals surface area contributed by atoms with Crippen molar-refractivity contribution in [1.29, 1.82) is 0 Å². The molecule has 0 radical (unpaired) electrons. The fourth-order valence-corrected chi connectivity index (χ4v) is 6.46. The lowest BCUT2D eigenvalue weighted by atomic mass is 9.87. The molecule has 1 aromatic carbocycles. The van der Waals surface area contributed by atoms with Gasteiger partial charge in [0, 0.05) is 6.54 Å². The van der Waals surface area contributed by atoms with Gasteiger partial charge in [-0.1, -0.05) is 62.2 Å². The molecule has 4 nitrogen and oxygen atoms in total. The van der Waals surface area contributed by atoms with Crippen LogP contribution in [0.15, 0.2) is 42.0 Å². The minimum absolute atomic E-state index is 0.0464. The van der Waals surface area contributed by atoms with Gasteiger partial charge >= 0.3 is 5.97 Å². The number of allylic oxidation sites excluding steroid dienone is 2. The van der Waals surface area contributed by atoms with Crippen LogP contribution >= 0.6 is 11.8 Å². The summed E-state index contributed by atoms with van der Waals surface area (Å²) in [6.07, 6.45) is 11.6. The van der Waals surface area contributed by atoms with Gasteiger partial charge in [0.15, 0.2) is 0 Å². The summed E-state index contributed by atoms with van der Waals surface area (Å²) in [7, 11) is 0. The Labute approximate surface area is 191 Å². The SMILES string of the molecule is CC(C)CC=C1CCC2(CC1)SC(CC(=O)O)C(=O)N2CCCCCc1ccccc1. The van der Waals surface area contributed by atoms with Gasteiger partial charge in [-0.15, -0.1) is 11.8 Å². The molecule has 1 heterocycles. The fourth-order valence-electron chi connectivity index (χ4n) is 4.73. The second-order valence-electron chi connectivity index (χ2n) is 9.43. The quantitative estimate of drug-likeness (QED) is 0.353. The first-order valence-corrected chi connectivity index (χ1v) is 12.7. The Morgan fingerprint density at radius 2 is 1.90 bits per heavy atom. The lowest BCUT2D eigenvalue weighted by Crippen LogP contribution is -2.46. The molecule has 5 heteroatoms. The Bertz CT molecular complexity index is 764. The Morgan fingerprint density at radius 1 is 1.19 bits per heavy atom. The van der Waals surface area contributed by atoms with Crippen molar-refractivity contribution in [2.45, 2.75) is 88.2 Å². The summed E-state index contributed by atoms with van der Waals surface area (Å²) in [5.74, 6) is -0.165. The van der Waals surface area contributed by atoms with Gasteiger partial charge in [0.1, 0.15) is 0 Å². The zero-order valence-corrected chi connectivity index (χ0v) is 19.8. The summed E-state index contributed by atoms with van der Waals surface area (Å²) in [4.78, 5) is 26.3. The van der Waals surface area contributed by atoms with Crippen LogP contribution < -0.4 is 0 Å². The largest absolute Gasteiger partial charge is 0.481 e. The van der Waals surface area contributed by atoms with Crippen LogP contribution in [0.3, 0.4) is 0 Å². The van der Waals surface area contributed by atoms with E-state index in [0.29, 0.717) is 5.92 Å². The van der Waals surface area contributed by atoms with Crippen LogP contribution in [0.2, 0.25) is 0 Å². The molecule has 0 aromatic heterocycles. The molecule has 1 aromatic rings. The standard InChI is InChI=1S/C26H37NO3S/c1-20(2)12-13-22-14-16-26(17-15-22)27(25(30)23(31-26)19-24(28)29)18-8-4-7-11-21-9-5-3-6-10-21/h3,5-6,9-10,13,20,23H,4,7-8,11-12,14-19H2,1-2H3,(H,28,29). The molecule has 1 N–H and O–H groups in total. The molecule has 1 saturated carbocycles. The molecule has 1 spiro atoms. The average Bonchev–Trinajstić information content (AvgIpc) is 2.98. The zero-order chi connectivity index (χ0) is 22.3. The highest BCUT2D eigenvalue weighted by atomic mass is 32.2. The van der Waals surface area contributed by atoms with E-state index in [4.69, 9.17) is 0 Å². The van der Waals surface area contributed by atoms with Crippen molar-refractivity contribution in [3.8, 4) is 0 Å². The number of aryl methyl sites for hydroxylation is 1. The number of carboxylic acid groups (broad SMARTS) is 1. The van der Waals surface area contributed by atoms with E-state index in [-0.39, 0.29) is 17.2 Å². The van der Waals surface area contributed by atoms with Crippen LogP contribution in [0.1, 0.15) is 77.2 Å². The second kappa shape index (κ2) is 11.2. The third-order valence-corrected chi connectivity index (χ3v) is 8.22. The molecule has 3 rings (SSSR count). The highest BCUT2D eigenvalue weighted by Crippen LogP contribution is 2.52. The summed E-state index contributed by atoms with van der Waals surface area (Å²) < 4.78 is 0. The number of thioether (sulfide) groups is 1. The van der Waals surface area contributed by atoms with Crippen molar-refractivity contribution >= 4 is 23.6 Å². The van der Waals surface area contributed by atoms with E-state index in [1.807, 2.05) is 6.07 Å². The highest BCUT2D eigenvalue weighted by molar-refractivity contribution is 8.02. The van der Waals surface area contributed by atoms with Gasteiger partial charge in [-0.3, -0.25) is 9.59 Å². The fraction of sp³-hybridized carbons (Fsp3) is 0.615. The predicted octanol–water partition coefficient (Wildman–Crippen LogP) is 6.06. The van der Waals surface area contributed by atoms with Crippen LogP contribution in [0, 0.1) is 5.92 Å². The molecule has 0 bridgehead atoms. The summed E-state index contributed by atoms with van der Waals surface area (Å²) in [5.41, 5.74) is 2.87. The first-order valence-electron chi connectivity index (χ1n) is 11.8. The number of hydrogen-bond acceptors (Lipinski definition) is 3. The minimum Gasteiger partial charge on any atom is -0.481 e. The van der Waals surface area contributed by atoms with Crippen LogP contribution in [0.5, 0.6) is 0 Å². The minimum atomic E-state index is -0.876. The van der Waals surface area contributed by atoms with E-state index in [9.17, 15) is 14.7 Å².